The fraction of sp³-hybridized carbons (Fsp3) is 0.364. The molecule has 3 aromatic rings. The average Bonchev–Trinajstić information content (AvgIpc) is 3.30. The fourth-order valence-electron chi connectivity index (χ4n) is 4.62. The van der Waals surface area contributed by atoms with Gasteiger partial charge in [-0.2, -0.15) is 5.10 Å². The molecule has 1 unspecified atom stereocenters. The minimum Gasteiger partial charge on any atom is -0.312 e. The van der Waals surface area contributed by atoms with E-state index in [1.165, 1.54) is 35.0 Å². The maximum Gasteiger partial charge on any atom is 0.261 e. The average molecular weight is 378 g/mol. The molecule has 4 nitrogen and oxygen atoms in total. The molecular formula is C22H23N3OS. The number of allylic oxidation sites excluding steroid dienone is 2. The van der Waals surface area contributed by atoms with Gasteiger partial charge in [-0.3, -0.25) is 9.48 Å². The van der Waals surface area contributed by atoms with Gasteiger partial charge in [0.25, 0.3) is 5.91 Å². The molecule has 138 valence electrons. The summed E-state index contributed by atoms with van der Waals surface area (Å²) in [6.45, 7) is 0.819. The van der Waals surface area contributed by atoms with Crippen LogP contribution in [0.15, 0.2) is 47.6 Å². The molecular weight excluding hydrogens is 354 g/mol. The summed E-state index contributed by atoms with van der Waals surface area (Å²) >= 11 is 1.72. The Balaban J connectivity index is 1.59. The van der Waals surface area contributed by atoms with Crippen LogP contribution in [-0.4, -0.2) is 27.1 Å². The third-order valence-electron chi connectivity index (χ3n) is 5.92. The monoisotopic (exact) mass is 377 g/mol. The van der Waals surface area contributed by atoms with Crippen LogP contribution in [0.4, 0.5) is 0 Å². The first-order valence-electron chi connectivity index (χ1n) is 9.74. The van der Waals surface area contributed by atoms with Crippen molar-refractivity contribution in [3.63, 3.8) is 0 Å². The highest BCUT2D eigenvalue weighted by Gasteiger charge is 2.33. The first-order valence-corrected chi connectivity index (χ1v) is 10.6. The lowest BCUT2D eigenvalue weighted by atomic mass is 9.84. The van der Waals surface area contributed by atoms with Crippen LogP contribution in [0.1, 0.15) is 42.5 Å². The summed E-state index contributed by atoms with van der Waals surface area (Å²) in [6.07, 6.45) is 9.89. The lowest BCUT2D eigenvalue weighted by Crippen LogP contribution is -2.39. The lowest BCUT2D eigenvalue weighted by molar-refractivity contribution is 0.0749. The maximum atomic E-state index is 13.6. The number of fused-ring (bicyclic) bond motifs is 2. The molecule has 5 rings (SSSR count). The molecule has 0 saturated carbocycles. The van der Waals surface area contributed by atoms with Crippen molar-refractivity contribution >= 4 is 27.3 Å². The van der Waals surface area contributed by atoms with Gasteiger partial charge in [-0.1, -0.05) is 24.3 Å². The van der Waals surface area contributed by atoms with Gasteiger partial charge in [0, 0.05) is 40.3 Å². The summed E-state index contributed by atoms with van der Waals surface area (Å²) in [5.74, 6) is 0.657. The van der Waals surface area contributed by atoms with Crippen LogP contribution in [0.2, 0.25) is 0 Å². The molecule has 1 aliphatic heterocycles. The number of hydrogen-bond donors (Lipinski definition) is 0. The lowest BCUT2D eigenvalue weighted by Gasteiger charge is -2.38. The van der Waals surface area contributed by atoms with Crippen LogP contribution >= 0.6 is 11.3 Å². The van der Waals surface area contributed by atoms with Crippen LogP contribution in [-0.2, 0) is 7.05 Å². The first kappa shape index (κ1) is 16.8. The highest BCUT2D eigenvalue weighted by Crippen LogP contribution is 2.39. The van der Waals surface area contributed by atoms with E-state index in [0.717, 1.165) is 30.6 Å². The zero-order valence-corrected chi connectivity index (χ0v) is 16.3. The van der Waals surface area contributed by atoms with Crippen LogP contribution in [0.3, 0.4) is 0 Å². The number of aromatic nitrogens is 2. The molecule has 1 atom stereocenters. The molecule has 1 aromatic carbocycles. The fourth-order valence-corrected chi connectivity index (χ4v) is 5.56. The Morgan fingerprint density at radius 1 is 1.22 bits per heavy atom. The Labute approximate surface area is 163 Å². The van der Waals surface area contributed by atoms with Crippen LogP contribution in [0.5, 0.6) is 0 Å². The van der Waals surface area contributed by atoms with Crippen molar-refractivity contribution in [1.29, 1.82) is 0 Å². The number of carbonyl (C=O) groups is 1. The minimum absolute atomic E-state index is 0.103. The molecule has 1 amide bonds. The van der Waals surface area contributed by atoms with Gasteiger partial charge in [0.15, 0.2) is 0 Å². The summed E-state index contributed by atoms with van der Waals surface area (Å²) in [5.41, 5.74) is 4.00. The number of rotatable bonds is 2. The van der Waals surface area contributed by atoms with Gasteiger partial charge in [-0.05, 0) is 44.1 Å². The number of carbonyl (C=O) groups excluding carboxylic acids is 1. The van der Waals surface area contributed by atoms with E-state index in [1.807, 2.05) is 16.6 Å². The predicted octanol–water partition coefficient (Wildman–Crippen LogP) is 5.22. The highest BCUT2D eigenvalue weighted by atomic mass is 32.1. The van der Waals surface area contributed by atoms with Gasteiger partial charge in [-0.25, -0.2) is 0 Å². The van der Waals surface area contributed by atoms with E-state index < -0.39 is 0 Å². The Morgan fingerprint density at radius 2 is 2.07 bits per heavy atom. The Kier molecular flexibility index (Phi) is 4.12. The van der Waals surface area contributed by atoms with Crippen LogP contribution in [0.25, 0.3) is 21.3 Å². The molecule has 3 heterocycles. The van der Waals surface area contributed by atoms with Crippen molar-refractivity contribution in [2.45, 2.75) is 32.1 Å². The van der Waals surface area contributed by atoms with Gasteiger partial charge in [0.2, 0.25) is 0 Å². The Bertz CT molecular complexity index is 1040. The van der Waals surface area contributed by atoms with Crippen molar-refractivity contribution < 1.29 is 4.79 Å². The molecule has 0 radical (unpaired) electrons. The Hall–Kier alpha value is -2.40. The van der Waals surface area contributed by atoms with E-state index in [0.29, 0.717) is 11.5 Å². The number of hydrogen-bond acceptors (Lipinski definition) is 3. The molecule has 27 heavy (non-hydrogen) atoms. The third-order valence-corrected chi connectivity index (χ3v) is 6.89. The molecule has 0 N–H and O–H groups in total. The van der Waals surface area contributed by atoms with Crippen molar-refractivity contribution in [2.24, 2.45) is 13.0 Å². The number of piperidine rings is 1. The molecule has 2 aliphatic rings. The second-order valence-corrected chi connectivity index (χ2v) is 8.44. The van der Waals surface area contributed by atoms with Crippen molar-refractivity contribution in [3.8, 4) is 11.3 Å². The standard InChI is InChI=1S/C22H23N3OS/c1-24-21(18-14-27-20-11-5-3-9-16(18)20)17(13-23-24)22(26)25-12-6-8-15-7-2-4-10-19(15)25/h3,5,9-11,13-15H,2,4,6-8,12H2,1H3. The van der Waals surface area contributed by atoms with Crippen molar-refractivity contribution in [1.82, 2.24) is 14.7 Å². The number of thiophene rings is 1. The number of likely N-dealkylation sites (tertiary alicyclic amines) is 1. The van der Waals surface area contributed by atoms with Gasteiger partial charge in [0.1, 0.15) is 0 Å². The second-order valence-electron chi connectivity index (χ2n) is 7.53. The normalized spacial score (nSPS) is 19.8. The smallest absolute Gasteiger partial charge is 0.261 e. The molecule has 2 aromatic heterocycles. The summed E-state index contributed by atoms with van der Waals surface area (Å²) in [5, 5.41) is 7.79. The van der Waals surface area contributed by atoms with Crippen LogP contribution in [0, 0.1) is 5.92 Å². The van der Waals surface area contributed by atoms with E-state index in [9.17, 15) is 4.79 Å². The van der Waals surface area contributed by atoms with Crippen molar-refractivity contribution in [2.75, 3.05) is 6.54 Å². The summed E-state index contributed by atoms with van der Waals surface area (Å²) in [6, 6.07) is 8.37. The predicted molar refractivity (Wildman–Crippen MR) is 110 cm³/mol. The second kappa shape index (κ2) is 6.64. The number of amides is 1. The van der Waals surface area contributed by atoms with Gasteiger partial charge in [-0.15, -0.1) is 11.3 Å². The van der Waals surface area contributed by atoms with Crippen LogP contribution < -0.4 is 0 Å². The van der Waals surface area contributed by atoms with E-state index >= 15 is 0 Å². The molecule has 1 aliphatic carbocycles. The molecule has 0 spiro atoms. The number of benzene rings is 1. The summed E-state index contributed by atoms with van der Waals surface area (Å²) in [7, 11) is 1.93. The number of aryl methyl sites for hydroxylation is 1. The minimum atomic E-state index is 0.103. The molecule has 0 bridgehead atoms. The van der Waals surface area contributed by atoms with E-state index in [-0.39, 0.29) is 5.91 Å². The zero-order valence-electron chi connectivity index (χ0n) is 15.5. The van der Waals surface area contributed by atoms with Crippen molar-refractivity contribution in [3.05, 3.63) is 53.2 Å². The van der Waals surface area contributed by atoms with E-state index in [2.05, 4.69) is 40.8 Å². The number of nitrogens with zero attached hydrogens (tertiary/aromatic N) is 3. The first-order chi connectivity index (χ1) is 13.2. The topological polar surface area (TPSA) is 38.1 Å². The van der Waals surface area contributed by atoms with Gasteiger partial charge >= 0.3 is 0 Å². The largest absolute Gasteiger partial charge is 0.312 e. The highest BCUT2D eigenvalue weighted by molar-refractivity contribution is 7.17. The quantitative estimate of drug-likeness (QED) is 0.614. The van der Waals surface area contributed by atoms with E-state index in [4.69, 9.17) is 0 Å². The van der Waals surface area contributed by atoms with Gasteiger partial charge < -0.3 is 4.90 Å². The summed E-state index contributed by atoms with van der Waals surface area (Å²) in [4.78, 5) is 15.6. The molecule has 1 saturated heterocycles. The summed E-state index contributed by atoms with van der Waals surface area (Å²) < 4.78 is 3.08. The van der Waals surface area contributed by atoms with Gasteiger partial charge in [0.05, 0.1) is 17.5 Å². The zero-order chi connectivity index (χ0) is 18.4. The molecule has 5 heteroatoms. The maximum absolute atomic E-state index is 13.6. The molecule has 1 fully saturated rings. The Morgan fingerprint density at radius 3 is 3.00 bits per heavy atom. The third kappa shape index (κ3) is 2.72. The SMILES string of the molecule is Cn1ncc(C(=O)N2CCCC3CCCC=C32)c1-c1csc2ccccc12. The van der Waals surface area contributed by atoms with E-state index in [1.54, 1.807) is 17.5 Å².